The number of hydrogen-bond acceptors (Lipinski definition) is 6. The van der Waals surface area contributed by atoms with E-state index < -0.39 is 7.60 Å². The van der Waals surface area contributed by atoms with Crippen LogP contribution in [0.2, 0.25) is 0 Å². The summed E-state index contributed by atoms with van der Waals surface area (Å²) in [6, 6.07) is 18.0. The molecule has 0 amide bonds. The lowest BCUT2D eigenvalue weighted by Gasteiger charge is -2.19. The lowest BCUT2D eigenvalue weighted by Crippen LogP contribution is -2.10. The first-order valence-corrected chi connectivity index (χ1v) is 14.3. The highest BCUT2D eigenvalue weighted by Gasteiger charge is 2.25. The van der Waals surface area contributed by atoms with Crippen molar-refractivity contribution in [1.82, 2.24) is 15.0 Å². The van der Waals surface area contributed by atoms with Crippen molar-refractivity contribution in [3.63, 3.8) is 0 Å². The van der Waals surface area contributed by atoms with Gasteiger partial charge in [-0.15, -0.1) is 0 Å². The van der Waals surface area contributed by atoms with Crippen molar-refractivity contribution in [2.24, 2.45) is 0 Å². The number of benzene rings is 2. The molecule has 2 unspecified atom stereocenters. The second-order valence-corrected chi connectivity index (χ2v) is 12.3. The van der Waals surface area contributed by atoms with Crippen LogP contribution >= 0.6 is 7.60 Å². The van der Waals surface area contributed by atoms with E-state index in [2.05, 4.69) is 53.2 Å². The molecule has 37 heavy (non-hydrogen) atoms. The van der Waals surface area contributed by atoms with Crippen LogP contribution in [0, 0.1) is 6.92 Å². The highest BCUT2D eigenvalue weighted by molar-refractivity contribution is 7.51. The molecule has 8 heteroatoms. The molecule has 2 aromatic carbocycles. The number of nitrogens with zero attached hydrogens (tertiary/aromatic N) is 3. The maximum atomic E-state index is 12.8. The van der Waals surface area contributed by atoms with Gasteiger partial charge in [0.2, 0.25) is 0 Å². The topological polar surface area (TPSA) is 97.2 Å². The summed E-state index contributed by atoms with van der Waals surface area (Å²) >= 11 is 0. The molecule has 0 aliphatic rings. The molecule has 0 saturated heterocycles. The molecule has 7 nitrogen and oxygen atoms in total. The van der Waals surface area contributed by atoms with Crippen molar-refractivity contribution in [3.8, 4) is 11.3 Å². The van der Waals surface area contributed by atoms with Crippen molar-refractivity contribution >= 4 is 30.0 Å². The van der Waals surface area contributed by atoms with Gasteiger partial charge in [-0.25, -0.2) is 9.97 Å². The summed E-state index contributed by atoms with van der Waals surface area (Å²) in [5.41, 5.74) is 5.63. The molecular formula is C29H35N4O3P. The average Bonchev–Trinajstić information content (AvgIpc) is 2.83. The Morgan fingerprint density at radius 2 is 1.81 bits per heavy atom. The van der Waals surface area contributed by atoms with E-state index in [-0.39, 0.29) is 23.5 Å². The first-order chi connectivity index (χ1) is 17.4. The molecule has 0 saturated carbocycles. The van der Waals surface area contributed by atoms with Crippen LogP contribution in [0.5, 0.6) is 0 Å². The van der Waals surface area contributed by atoms with Gasteiger partial charge in [0, 0.05) is 22.8 Å². The Labute approximate surface area is 218 Å². The third-order valence-corrected chi connectivity index (χ3v) is 7.67. The van der Waals surface area contributed by atoms with Crippen LogP contribution in [-0.4, -0.2) is 25.9 Å². The second-order valence-electron chi connectivity index (χ2n) is 10.5. The number of rotatable bonds is 8. The van der Waals surface area contributed by atoms with E-state index in [0.29, 0.717) is 17.8 Å². The van der Waals surface area contributed by atoms with Crippen LogP contribution in [0.25, 0.3) is 22.2 Å². The van der Waals surface area contributed by atoms with E-state index >= 15 is 0 Å². The third kappa shape index (κ3) is 6.61. The molecule has 0 aliphatic carbocycles. The Morgan fingerprint density at radius 1 is 1.08 bits per heavy atom. The molecule has 0 fully saturated rings. The quantitative estimate of drug-likeness (QED) is 0.233. The monoisotopic (exact) mass is 518 g/mol. The summed E-state index contributed by atoms with van der Waals surface area (Å²) in [5, 5.41) is 4.20. The Balaban J connectivity index is 1.78. The lowest BCUT2D eigenvalue weighted by molar-refractivity contribution is 0.184. The van der Waals surface area contributed by atoms with Crippen molar-refractivity contribution in [2.45, 2.75) is 65.6 Å². The Kier molecular flexibility index (Phi) is 7.79. The van der Waals surface area contributed by atoms with Crippen LogP contribution in [0.1, 0.15) is 58.0 Å². The fraction of sp³-hybridized carbons (Fsp3) is 0.345. The number of fused-ring (bicyclic) bond motifs is 1. The maximum absolute atomic E-state index is 12.8. The zero-order valence-electron chi connectivity index (χ0n) is 22.3. The molecule has 4 rings (SSSR count). The van der Waals surface area contributed by atoms with E-state index in [9.17, 15) is 9.46 Å². The van der Waals surface area contributed by atoms with Crippen molar-refractivity contribution < 1.29 is 14.0 Å². The zero-order chi connectivity index (χ0) is 26.8. The predicted molar refractivity (Wildman–Crippen MR) is 150 cm³/mol. The number of nitrogens with one attached hydrogen (secondary N) is 1. The smallest absolute Gasteiger partial charge is 0.335 e. The molecule has 194 valence electrons. The van der Waals surface area contributed by atoms with Gasteiger partial charge >= 0.3 is 7.60 Å². The van der Waals surface area contributed by atoms with Crippen molar-refractivity contribution in [2.75, 3.05) is 5.32 Å². The van der Waals surface area contributed by atoms with Crippen molar-refractivity contribution in [1.29, 1.82) is 0 Å². The van der Waals surface area contributed by atoms with Gasteiger partial charge in [-0.3, -0.25) is 9.55 Å². The number of anilines is 2. The van der Waals surface area contributed by atoms with Gasteiger partial charge in [-0.05, 0) is 67.1 Å². The summed E-state index contributed by atoms with van der Waals surface area (Å²) in [6.45, 7) is 12.2. The van der Waals surface area contributed by atoms with Gasteiger partial charge in [0.25, 0.3) is 0 Å². The number of hydrogen-bond donors (Lipinski definition) is 2. The first-order valence-electron chi connectivity index (χ1n) is 12.6. The number of aromatic nitrogens is 3. The Bertz CT molecular complexity index is 1450. The highest BCUT2D eigenvalue weighted by atomic mass is 31.2. The molecule has 0 spiro atoms. The van der Waals surface area contributed by atoms with Crippen LogP contribution in [-0.2, 0) is 20.7 Å². The molecule has 2 heterocycles. The fourth-order valence-corrected chi connectivity index (χ4v) is 5.33. The van der Waals surface area contributed by atoms with E-state index in [4.69, 9.17) is 4.52 Å². The lowest BCUT2D eigenvalue weighted by atomic mass is 9.87. The minimum atomic E-state index is -3.94. The summed E-state index contributed by atoms with van der Waals surface area (Å²) in [4.78, 5) is 24.4. The second kappa shape index (κ2) is 10.7. The molecule has 4 aromatic rings. The fourth-order valence-electron chi connectivity index (χ4n) is 4.04. The average molecular weight is 519 g/mol. The predicted octanol–water partition coefficient (Wildman–Crippen LogP) is 7.54. The van der Waals surface area contributed by atoms with Crippen LogP contribution in [0.15, 0.2) is 60.8 Å². The van der Waals surface area contributed by atoms with E-state index in [1.54, 1.807) is 13.1 Å². The normalized spacial score (nSPS) is 14.4. The summed E-state index contributed by atoms with van der Waals surface area (Å²) in [6.07, 6.45) is 1.78. The van der Waals surface area contributed by atoms with E-state index in [1.807, 2.05) is 56.3 Å². The molecule has 0 radical (unpaired) electrons. The molecule has 0 aliphatic heterocycles. The molecular weight excluding hydrogens is 483 g/mol. The molecule has 2 N–H and O–H groups in total. The number of pyridine rings is 1. The summed E-state index contributed by atoms with van der Waals surface area (Å²) in [7, 11) is -3.94. The van der Waals surface area contributed by atoms with Crippen molar-refractivity contribution in [3.05, 3.63) is 77.7 Å². The molecule has 2 aromatic heterocycles. The Morgan fingerprint density at radius 3 is 2.46 bits per heavy atom. The Hall–Kier alpha value is -3.12. The van der Waals surface area contributed by atoms with Crippen LogP contribution in [0.4, 0.5) is 11.5 Å². The van der Waals surface area contributed by atoms with E-state index in [1.165, 1.54) is 5.56 Å². The van der Waals surface area contributed by atoms with E-state index in [0.717, 1.165) is 27.9 Å². The van der Waals surface area contributed by atoms with Crippen LogP contribution in [0.3, 0.4) is 0 Å². The largest absolute Gasteiger partial charge is 0.340 e. The highest BCUT2D eigenvalue weighted by Crippen LogP contribution is 2.47. The molecule has 2 atom stereocenters. The first kappa shape index (κ1) is 26.9. The minimum absolute atomic E-state index is 0.0469. The van der Waals surface area contributed by atoms with Gasteiger partial charge in [0.15, 0.2) is 0 Å². The standard InChI is InChI=1S/C29H35N4O3P/c1-7-20(3)36-37(34,35)18-26-32-25-17-21(27-19(2)9-8-16-30-27)10-15-24(25)28(33-26)31-23-13-11-22(12-14-23)29(4,5)6/h8-17,20H,7,18H2,1-6H3,(H,34,35)(H,31,32,33). The van der Waals surface area contributed by atoms with Gasteiger partial charge in [0.1, 0.15) is 17.8 Å². The van der Waals surface area contributed by atoms with Gasteiger partial charge in [-0.2, -0.15) is 0 Å². The minimum Gasteiger partial charge on any atom is -0.340 e. The maximum Gasteiger partial charge on any atom is 0.335 e. The molecule has 0 bridgehead atoms. The van der Waals surface area contributed by atoms with Gasteiger partial charge < -0.3 is 14.7 Å². The van der Waals surface area contributed by atoms with Gasteiger partial charge in [0.05, 0.1) is 17.3 Å². The summed E-state index contributed by atoms with van der Waals surface area (Å²) < 4.78 is 18.3. The number of aryl methyl sites for hydroxylation is 1. The van der Waals surface area contributed by atoms with Gasteiger partial charge in [-0.1, -0.05) is 52.0 Å². The SMILES string of the molecule is CCC(C)OP(=O)(O)Cc1nc(Nc2ccc(C(C)(C)C)cc2)c2ccc(-c3ncccc3C)cc2n1. The zero-order valence-corrected chi connectivity index (χ0v) is 23.2. The van der Waals surface area contributed by atoms with Crippen LogP contribution < -0.4 is 5.32 Å². The summed E-state index contributed by atoms with van der Waals surface area (Å²) in [5.74, 6) is 0.807. The third-order valence-electron chi connectivity index (χ3n) is 6.30.